The molecule has 0 saturated heterocycles. The topological polar surface area (TPSA) is 331 Å². The van der Waals surface area contributed by atoms with Crippen LogP contribution in [0.1, 0.15) is 93.9 Å². The molecule has 0 fully saturated rings. The Kier molecular flexibility index (Phi) is 24.5. The number of terminal acetylenes is 2. The van der Waals surface area contributed by atoms with Crippen molar-refractivity contribution in [2.24, 2.45) is 0 Å². The first-order valence-corrected chi connectivity index (χ1v) is 38.3. The standard InChI is InChI=1S/C26H26N6O.C25H23ClN6O.C21H19FN6O.C19H17N5O/c1-7-26(3,4)18-8-10-27-21(15-18)20-9-11-28-25(31-20)29-19-12-16(2)23-17(13-19)14-22(30-23)24(33)32(5)6;1-6-25(2,3)16-7-9-27-20(13-16)19-8-10-28-24(31-19)29-17-11-15-12-21(23(33)32(4)5)30-22(15)18(26)14-17;1-12-9-14(10-13-11-17(26-19(12)13)20(29)28(2)3)24-21-23-8-7-16(27-21)15-5-4-6-18(22)25-15;1-13(25)24-11-8-14-12-15(5-6-18(14)24)22-19-21-10-7-17(23-19)16-4-2-3-9-20-16/h1,8-15,30H,2-6H3,(H,28,29,31);1,7-14,30H,2-5H3,(H,28,29,31);4-11,26H,1-3H3,(H,23,24,27);2-7,9-10,12H,8,11H2,1H3,(H,21,22,23). The number of rotatable bonds is 17. The fourth-order valence-electron chi connectivity index (χ4n) is 13.1. The zero-order valence-corrected chi connectivity index (χ0v) is 68.9. The summed E-state index contributed by atoms with van der Waals surface area (Å²) >= 11 is 6.46. The Morgan fingerprint density at radius 1 is 0.433 bits per heavy atom. The van der Waals surface area contributed by atoms with Gasteiger partial charge in [0.1, 0.15) is 17.1 Å². The summed E-state index contributed by atoms with van der Waals surface area (Å²) in [5.41, 5.74) is 17.9. The fraction of sp³-hybridized carbons (Fsp3) is 0.187. The Balaban J connectivity index is 0.000000139. The molecular weight excluding hydrogens is 1530 g/mol. The highest BCUT2D eigenvalue weighted by Crippen LogP contribution is 2.36. The van der Waals surface area contributed by atoms with Crippen LogP contribution in [0.15, 0.2) is 201 Å². The number of nitrogens with one attached hydrogen (secondary N) is 7. The number of anilines is 9. The summed E-state index contributed by atoms with van der Waals surface area (Å²) in [5, 5.41) is 16.0. The number of nitrogens with zero attached hydrogens (tertiary/aromatic N) is 16. The van der Waals surface area contributed by atoms with E-state index in [0.29, 0.717) is 85.6 Å². The molecule has 0 spiro atoms. The summed E-state index contributed by atoms with van der Waals surface area (Å²) in [6.45, 7) is 14.2. The number of hydrogen-bond donors (Lipinski definition) is 7. The molecule has 16 rings (SSSR count). The second-order valence-electron chi connectivity index (χ2n) is 29.9. The van der Waals surface area contributed by atoms with Gasteiger partial charge >= 0.3 is 0 Å². The van der Waals surface area contributed by atoms with Crippen molar-refractivity contribution >= 4 is 120 Å². The average Bonchev–Trinajstić information content (AvgIpc) is 1.66. The molecule has 15 aromatic rings. The maximum atomic E-state index is 13.4. The number of halogens is 2. The van der Waals surface area contributed by atoms with E-state index in [1.165, 1.54) is 15.9 Å². The molecule has 0 bridgehead atoms. The van der Waals surface area contributed by atoms with E-state index in [9.17, 15) is 23.6 Å². The first kappa shape index (κ1) is 82.8. The number of benzene rings is 4. The van der Waals surface area contributed by atoms with Crippen molar-refractivity contribution < 1.29 is 23.6 Å². The lowest BCUT2D eigenvalue weighted by molar-refractivity contribution is -0.116. The second kappa shape index (κ2) is 35.5. The number of H-pyrrole nitrogens is 3. The third kappa shape index (κ3) is 19.3. The van der Waals surface area contributed by atoms with Crippen LogP contribution in [0.3, 0.4) is 0 Å². The highest BCUT2D eigenvalue weighted by molar-refractivity contribution is 6.35. The summed E-state index contributed by atoms with van der Waals surface area (Å²) < 4.78 is 13.4. The summed E-state index contributed by atoms with van der Waals surface area (Å²) in [5.74, 6) is 6.58. The Morgan fingerprint density at radius 2 is 0.825 bits per heavy atom. The highest BCUT2D eigenvalue weighted by Gasteiger charge is 2.25. The van der Waals surface area contributed by atoms with Crippen LogP contribution in [-0.2, 0) is 22.0 Å². The maximum Gasteiger partial charge on any atom is 0.269 e. The molecule has 1 aliphatic heterocycles. The van der Waals surface area contributed by atoms with Gasteiger partial charge in [-0.1, -0.05) is 35.6 Å². The number of carbonyl (C=O) groups excluding carboxylic acids is 4. The van der Waals surface area contributed by atoms with Gasteiger partial charge in [-0.2, -0.15) is 4.39 Å². The van der Waals surface area contributed by atoms with Crippen molar-refractivity contribution in [3.63, 3.8) is 0 Å². The third-order valence-electron chi connectivity index (χ3n) is 19.6. The van der Waals surface area contributed by atoms with Crippen LogP contribution >= 0.6 is 11.6 Å². The molecule has 0 radical (unpaired) electrons. The van der Waals surface area contributed by atoms with Crippen molar-refractivity contribution in [3.8, 4) is 70.2 Å². The van der Waals surface area contributed by atoms with Crippen molar-refractivity contribution in [2.75, 3.05) is 75.0 Å². The van der Waals surface area contributed by atoms with Gasteiger partial charge in [0.05, 0.1) is 66.9 Å². The lowest BCUT2D eigenvalue weighted by Gasteiger charge is -2.18. The number of hydrogen-bond acceptors (Lipinski definition) is 20. The van der Waals surface area contributed by atoms with Gasteiger partial charge < -0.3 is 55.8 Å². The molecule has 7 N–H and O–H groups in total. The first-order valence-electron chi connectivity index (χ1n) is 38.0. The number of fused-ring (bicyclic) bond motifs is 4. The van der Waals surface area contributed by atoms with Crippen LogP contribution in [0, 0.1) is 44.5 Å². The maximum absolute atomic E-state index is 13.4. The van der Waals surface area contributed by atoms with E-state index < -0.39 is 16.8 Å². The quantitative estimate of drug-likeness (QED) is 0.0329. The van der Waals surface area contributed by atoms with Crippen LogP contribution in [-0.4, -0.2) is 162 Å². The van der Waals surface area contributed by atoms with Crippen LogP contribution in [0.4, 0.5) is 56.6 Å². The monoisotopic (exact) mass is 1620 g/mol. The van der Waals surface area contributed by atoms with Crippen molar-refractivity contribution in [1.82, 2.24) is 89.5 Å². The van der Waals surface area contributed by atoms with E-state index in [0.717, 1.165) is 108 Å². The number of carbonyl (C=O) groups is 4. The van der Waals surface area contributed by atoms with Gasteiger partial charge in [-0.25, -0.2) is 44.9 Å². The highest BCUT2D eigenvalue weighted by atomic mass is 35.5. The van der Waals surface area contributed by atoms with Gasteiger partial charge in [-0.3, -0.25) is 34.1 Å². The molecule has 4 aromatic carbocycles. The number of amides is 4. The summed E-state index contributed by atoms with van der Waals surface area (Å²) in [7, 11) is 10.3. The Morgan fingerprint density at radius 3 is 1.25 bits per heavy atom. The molecule has 0 atom stereocenters. The smallest absolute Gasteiger partial charge is 0.269 e. The van der Waals surface area contributed by atoms with Crippen LogP contribution in [0.25, 0.3) is 78.3 Å². The molecule has 4 amide bonds. The SMILES string of the molecule is C#CC(C)(C)c1ccnc(-c2ccnc(Nc3cc(C)c4[nH]c(C(=O)N(C)C)cc4c3)n2)c1.C#CC(C)(C)c1ccnc(-c2ccnc(Nc3cc(Cl)c4[nH]c(C(=O)N(C)C)cc4c3)n2)c1.CC(=O)N1CCc2cc(Nc3nccc(-c4ccccn4)n3)ccc21.Cc1cc(Nc2nccc(-c3cccc(F)n3)n2)cc2cc(C(=O)N(C)C)[nH]c12. The van der Waals surface area contributed by atoms with Gasteiger partial charge in [0.2, 0.25) is 35.6 Å². The van der Waals surface area contributed by atoms with Gasteiger partial charge in [0.15, 0.2) is 0 Å². The molecule has 0 aliphatic carbocycles. The molecule has 602 valence electrons. The summed E-state index contributed by atoms with van der Waals surface area (Å²) in [6, 6.07) is 48.0. The van der Waals surface area contributed by atoms with E-state index >= 15 is 0 Å². The van der Waals surface area contributed by atoms with Gasteiger partial charge in [0.25, 0.3) is 17.7 Å². The Labute approximate surface area is 697 Å². The number of aromatic amines is 3. The van der Waals surface area contributed by atoms with Crippen LogP contribution in [0.5, 0.6) is 0 Å². The fourth-order valence-corrected chi connectivity index (χ4v) is 13.3. The second-order valence-corrected chi connectivity index (χ2v) is 30.3. The third-order valence-corrected chi connectivity index (χ3v) is 19.9. The molecular formula is C91H85ClFN23O4. The zero-order chi connectivity index (χ0) is 85.3. The minimum absolute atomic E-state index is 0.0705. The molecule has 0 saturated carbocycles. The normalized spacial score (nSPS) is 11.5. The van der Waals surface area contributed by atoms with Gasteiger partial charge in [-0.05, 0) is 221 Å². The van der Waals surface area contributed by atoms with E-state index in [2.05, 4.69) is 114 Å². The summed E-state index contributed by atoms with van der Waals surface area (Å²) in [6.07, 6.45) is 24.1. The number of aromatic nitrogens is 15. The van der Waals surface area contributed by atoms with E-state index in [1.54, 1.807) is 139 Å². The van der Waals surface area contributed by atoms with Crippen molar-refractivity contribution in [2.45, 2.75) is 65.7 Å². The first-order chi connectivity index (χ1) is 57.5. The predicted molar refractivity (Wildman–Crippen MR) is 469 cm³/mol. The van der Waals surface area contributed by atoms with Crippen molar-refractivity contribution in [3.05, 3.63) is 257 Å². The average molecular weight is 1620 g/mol. The molecule has 29 heteroatoms. The number of aryl methyl sites for hydroxylation is 2. The van der Waals surface area contributed by atoms with Crippen LogP contribution < -0.4 is 26.2 Å². The lowest BCUT2D eigenvalue weighted by Crippen LogP contribution is -2.25. The number of pyridine rings is 4. The molecule has 12 heterocycles. The predicted octanol–water partition coefficient (Wildman–Crippen LogP) is 16.8. The van der Waals surface area contributed by atoms with Crippen LogP contribution in [0.2, 0.25) is 5.02 Å². The van der Waals surface area contributed by atoms with E-state index in [1.807, 2.05) is 151 Å². The lowest BCUT2D eigenvalue weighted by atomic mass is 9.86. The van der Waals surface area contributed by atoms with E-state index in [4.69, 9.17) is 24.4 Å². The zero-order valence-electron chi connectivity index (χ0n) is 68.2. The molecule has 1 aliphatic rings. The summed E-state index contributed by atoms with van der Waals surface area (Å²) in [4.78, 5) is 117. The van der Waals surface area contributed by atoms with Crippen molar-refractivity contribution in [1.29, 1.82) is 0 Å². The Bertz CT molecular complexity index is 6270. The minimum Gasteiger partial charge on any atom is -0.350 e. The van der Waals surface area contributed by atoms with Gasteiger partial charge in [-0.15, -0.1) is 12.8 Å². The van der Waals surface area contributed by atoms with Gasteiger partial charge in [0, 0.05) is 155 Å². The Hall–Kier alpha value is -15.2. The largest absolute Gasteiger partial charge is 0.350 e. The molecule has 0 unspecified atom stereocenters. The van der Waals surface area contributed by atoms with E-state index in [-0.39, 0.29) is 23.6 Å². The minimum atomic E-state index is -0.563. The molecule has 11 aromatic heterocycles. The molecule has 27 nitrogen and oxygen atoms in total. The molecule has 120 heavy (non-hydrogen) atoms.